The number of nitrogens with zero attached hydrogens (tertiary/aromatic N) is 4. The van der Waals surface area contributed by atoms with E-state index in [1.165, 1.54) is 4.68 Å². The van der Waals surface area contributed by atoms with Crippen LogP contribution in [0.25, 0.3) is 11.0 Å². The molecule has 0 atom stereocenters. The van der Waals surface area contributed by atoms with Crippen molar-refractivity contribution in [2.45, 2.75) is 25.2 Å². The van der Waals surface area contributed by atoms with Crippen molar-refractivity contribution >= 4 is 16.9 Å². The van der Waals surface area contributed by atoms with Crippen molar-refractivity contribution in [2.24, 2.45) is 0 Å². The maximum atomic E-state index is 12.9. The maximum absolute atomic E-state index is 12.9. The van der Waals surface area contributed by atoms with Crippen LogP contribution in [0.5, 0.6) is 0 Å². The summed E-state index contributed by atoms with van der Waals surface area (Å²) in [6.07, 6.45) is -1.28. The molecule has 124 valence electrons. The molecule has 0 aliphatic carbocycles. The van der Waals surface area contributed by atoms with Gasteiger partial charge in [-0.3, -0.25) is 4.79 Å². The normalized spacial score (nSPS) is 17.3. The van der Waals surface area contributed by atoms with Crippen LogP contribution < -0.4 is 0 Å². The first-order chi connectivity index (χ1) is 10.8. The van der Waals surface area contributed by atoms with Crippen LogP contribution in [0.3, 0.4) is 0 Å². The second kappa shape index (κ2) is 5.19. The molecule has 9 heteroatoms. The number of halogens is 3. The van der Waals surface area contributed by atoms with Gasteiger partial charge in [-0.2, -0.15) is 18.3 Å². The lowest BCUT2D eigenvalue weighted by molar-refractivity contribution is -0.306. The Hall–Kier alpha value is -2.16. The Bertz CT molecular complexity index is 750. The van der Waals surface area contributed by atoms with Gasteiger partial charge < -0.3 is 9.64 Å². The SMILES string of the molecule is COC1(C(F)(F)F)CN(C(=O)Cn2ncc3cc(C)cnc32)C1. The van der Waals surface area contributed by atoms with Crippen molar-refractivity contribution < 1.29 is 22.7 Å². The van der Waals surface area contributed by atoms with Crippen LogP contribution in [0.1, 0.15) is 5.56 Å². The topological polar surface area (TPSA) is 60.2 Å². The summed E-state index contributed by atoms with van der Waals surface area (Å²) in [5.74, 6) is -0.450. The average molecular weight is 328 g/mol. The molecule has 1 amide bonds. The summed E-state index contributed by atoms with van der Waals surface area (Å²) in [6, 6.07) is 1.87. The Labute approximate surface area is 129 Å². The number of amides is 1. The molecule has 3 rings (SSSR count). The van der Waals surface area contributed by atoms with Crippen LogP contribution >= 0.6 is 0 Å². The summed E-state index contributed by atoms with van der Waals surface area (Å²) in [5.41, 5.74) is -0.774. The molecule has 1 aliphatic heterocycles. The van der Waals surface area contributed by atoms with Gasteiger partial charge in [-0.25, -0.2) is 9.67 Å². The van der Waals surface area contributed by atoms with Crippen LogP contribution in [0.4, 0.5) is 13.2 Å². The molecule has 2 aromatic heterocycles. The van der Waals surface area contributed by atoms with Crippen LogP contribution in [0, 0.1) is 6.92 Å². The van der Waals surface area contributed by atoms with Crippen LogP contribution in [0.15, 0.2) is 18.5 Å². The number of carbonyl (C=O) groups excluding carboxylic acids is 1. The van der Waals surface area contributed by atoms with E-state index >= 15 is 0 Å². The van der Waals surface area contributed by atoms with E-state index < -0.39 is 30.8 Å². The Morgan fingerprint density at radius 1 is 1.39 bits per heavy atom. The fourth-order valence-electron chi connectivity index (χ4n) is 2.60. The van der Waals surface area contributed by atoms with E-state index in [1.807, 2.05) is 13.0 Å². The Morgan fingerprint density at radius 2 is 2.09 bits per heavy atom. The summed E-state index contributed by atoms with van der Waals surface area (Å²) in [5, 5.41) is 4.86. The van der Waals surface area contributed by atoms with E-state index in [-0.39, 0.29) is 6.54 Å². The minimum absolute atomic E-state index is 0.156. The number of pyridine rings is 1. The zero-order valence-electron chi connectivity index (χ0n) is 12.6. The second-order valence-corrected chi connectivity index (χ2v) is 5.67. The monoisotopic (exact) mass is 328 g/mol. The summed E-state index contributed by atoms with van der Waals surface area (Å²) >= 11 is 0. The number of hydrogen-bond acceptors (Lipinski definition) is 4. The first kappa shape index (κ1) is 15.7. The molecule has 0 aromatic carbocycles. The highest BCUT2D eigenvalue weighted by molar-refractivity contribution is 5.80. The Balaban J connectivity index is 1.71. The third-order valence-corrected chi connectivity index (χ3v) is 4.05. The van der Waals surface area contributed by atoms with Crippen molar-refractivity contribution in [2.75, 3.05) is 20.2 Å². The van der Waals surface area contributed by atoms with E-state index in [0.717, 1.165) is 23.0 Å². The lowest BCUT2D eigenvalue weighted by atomic mass is 9.93. The fourth-order valence-corrected chi connectivity index (χ4v) is 2.60. The zero-order valence-corrected chi connectivity index (χ0v) is 12.6. The van der Waals surface area contributed by atoms with E-state index in [2.05, 4.69) is 14.8 Å². The van der Waals surface area contributed by atoms with Gasteiger partial charge in [0.15, 0.2) is 11.2 Å². The number of rotatable bonds is 3. The molecule has 0 saturated carbocycles. The van der Waals surface area contributed by atoms with E-state index in [1.54, 1.807) is 12.4 Å². The van der Waals surface area contributed by atoms with Crippen LogP contribution in [-0.4, -0.2) is 57.5 Å². The summed E-state index contributed by atoms with van der Waals surface area (Å²) < 4.78 is 44.7. The van der Waals surface area contributed by atoms with Gasteiger partial charge in [0.25, 0.3) is 0 Å². The molecular formula is C14H15F3N4O2. The van der Waals surface area contributed by atoms with Crippen LogP contribution in [-0.2, 0) is 16.1 Å². The smallest absolute Gasteiger partial charge is 0.365 e. The van der Waals surface area contributed by atoms with Crippen molar-refractivity contribution in [3.8, 4) is 0 Å². The van der Waals surface area contributed by atoms with Crippen molar-refractivity contribution in [1.29, 1.82) is 0 Å². The summed E-state index contributed by atoms with van der Waals surface area (Å²) in [4.78, 5) is 17.5. The highest BCUT2D eigenvalue weighted by Crippen LogP contribution is 2.40. The first-order valence-electron chi connectivity index (χ1n) is 6.93. The standard InChI is InChI=1S/C14H15F3N4O2/c1-9-3-10-5-19-21(12(10)18-4-9)6-11(22)20-7-13(8-20,23-2)14(15,16)17/h3-5H,6-8H2,1-2H3. The number of carbonyl (C=O) groups is 1. The minimum atomic E-state index is -4.50. The summed E-state index contributed by atoms with van der Waals surface area (Å²) in [7, 11) is 1.00. The summed E-state index contributed by atoms with van der Waals surface area (Å²) in [6.45, 7) is 0.725. The fraction of sp³-hybridized carbons (Fsp3) is 0.500. The zero-order chi connectivity index (χ0) is 16.8. The van der Waals surface area contributed by atoms with Crippen LogP contribution in [0.2, 0.25) is 0 Å². The molecular weight excluding hydrogens is 313 g/mol. The number of hydrogen-bond donors (Lipinski definition) is 0. The lowest BCUT2D eigenvalue weighted by Crippen LogP contribution is -2.71. The molecule has 3 heterocycles. The largest absolute Gasteiger partial charge is 0.420 e. The van der Waals surface area contributed by atoms with E-state index in [0.29, 0.717) is 5.65 Å². The third kappa shape index (κ3) is 2.54. The molecule has 1 fully saturated rings. The number of methoxy groups -OCH3 is 1. The first-order valence-corrected chi connectivity index (χ1v) is 6.93. The Morgan fingerprint density at radius 3 is 2.70 bits per heavy atom. The molecule has 0 radical (unpaired) electrons. The number of aromatic nitrogens is 3. The second-order valence-electron chi connectivity index (χ2n) is 5.67. The van der Waals surface area contributed by atoms with E-state index in [9.17, 15) is 18.0 Å². The van der Waals surface area contributed by atoms with Crippen molar-refractivity contribution in [1.82, 2.24) is 19.7 Å². The van der Waals surface area contributed by atoms with Gasteiger partial charge in [0.1, 0.15) is 6.54 Å². The quantitative estimate of drug-likeness (QED) is 0.857. The van der Waals surface area contributed by atoms with Crippen molar-refractivity contribution in [3.63, 3.8) is 0 Å². The van der Waals surface area contributed by atoms with Gasteiger partial charge in [0.2, 0.25) is 5.91 Å². The Kier molecular flexibility index (Phi) is 3.55. The van der Waals surface area contributed by atoms with Gasteiger partial charge in [0, 0.05) is 18.7 Å². The number of ether oxygens (including phenoxy) is 1. The average Bonchev–Trinajstić information content (AvgIpc) is 2.78. The number of likely N-dealkylation sites (tertiary alicyclic amines) is 1. The van der Waals surface area contributed by atoms with Gasteiger partial charge in [-0.15, -0.1) is 0 Å². The number of fused-ring (bicyclic) bond motifs is 1. The maximum Gasteiger partial charge on any atom is 0.420 e. The number of aryl methyl sites for hydroxylation is 1. The molecule has 23 heavy (non-hydrogen) atoms. The molecule has 0 spiro atoms. The predicted octanol–water partition coefficient (Wildman–Crippen LogP) is 1.53. The lowest BCUT2D eigenvalue weighted by Gasteiger charge is -2.49. The highest BCUT2D eigenvalue weighted by atomic mass is 19.4. The van der Waals surface area contributed by atoms with E-state index in [4.69, 9.17) is 0 Å². The molecule has 2 aromatic rings. The molecule has 0 N–H and O–H groups in total. The molecule has 0 unspecified atom stereocenters. The number of alkyl halides is 3. The highest BCUT2D eigenvalue weighted by Gasteiger charge is 2.63. The minimum Gasteiger partial charge on any atom is -0.365 e. The molecule has 0 bridgehead atoms. The predicted molar refractivity (Wildman–Crippen MR) is 74.6 cm³/mol. The third-order valence-electron chi connectivity index (χ3n) is 4.05. The van der Waals surface area contributed by atoms with Crippen molar-refractivity contribution in [3.05, 3.63) is 24.0 Å². The molecule has 1 aliphatic rings. The molecule has 6 nitrogen and oxygen atoms in total. The van der Waals surface area contributed by atoms with Gasteiger partial charge in [-0.1, -0.05) is 0 Å². The molecule has 1 saturated heterocycles. The van der Waals surface area contributed by atoms with Gasteiger partial charge in [-0.05, 0) is 18.6 Å². The van der Waals surface area contributed by atoms with Gasteiger partial charge in [0.05, 0.1) is 19.3 Å². The van der Waals surface area contributed by atoms with Gasteiger partial charge >= 0.3 is 6.18 Å².